The van der Waals surface area contributed by atoms with Gasteiger partial charge < -0.3 is 10.0 Å². The van der Waals surface area contributed by atoms with Crippen molar-refractivity contribution in [3.8, 4) is 5.75 Å². The van der Waals surface area contributed by atoms with E-state index in [1.54, 1.807) is 12.3 Å². The van der Waals surface area contributed by atoms with Crippen molar-refractivity contribution in [3.63, 3.8) is 0 Å². The van der Waals surface area contributed by atoms with Gasteiger partial charge in [-0.05, 0) is 27.7 Å². The lowest BCUT2D eigenvalue weighted by Gasteiger charge is -2.32. The lowest BCUT2D eigenvalue weighted by molar-refractivity contribution is 0.471. The van der Waals surface area contributed by atoms with Crippen molar-refractivity contribution in [3.05, 3.63) is 18.5 Å². The summed E-state index contributed by atoms with van der Waals surface area (Å²) in [5.41, 5.74) is 0.968. The standard InChI is InChI=1S/C11H18N2O/c1-8(2)13(9(3)4)10-5-11(14)7-12-6-10/h5-9,14H,1-4H3. The second kappa shape index (κ2) is 4.31. The molecule has 0 radical (unpaired) electrons. The number of pyridine rings is 1. The maximum atomic E-state index is 9.34. The number of rotatable bonds is 3. The molecule has 0 atom stereocenters. The zero-order chi connectivity index (χ0) is 10.7. The summed E-state index contributed by atoms with van der Waals surface area (Å²) in [5, 5.41) is 9.34. The quantitative estimate of drug-likeness (QED) is 0.802. The molecule has 1 N–H and O–H groups in total. The molecule has 1 aromatic heterocycles. The van der Waals surface area contributed by atoms with E-state index in [1.807, 2.05) is 0 Å². The van der Waals surface area contributed by atoms with Crippen molar-refractivity contribution >= 4 is 5.69 Å². The van der Waals surface area contributed by atoms with E-state index in [-0.39, 0.29) is 5.75 Å². The van der Waals surface area contributed by atoms with Gasteiger partial charge >= 0.3 is 0 Å². The van der Waals surface area contributed by atoms with Crippen LogP contribution in [-0.2, 0) is 0 Å². The average molecular weight is 194 g/mol. The van der Waals surface area contributed by atoms with Crippen LogP contribution in [-0.4, -0.2) is 22.2 Å². The third kappa shape index (κ3) is 2.37. The highest BCUT2D eigenvalue weighted by molar-refractivity contribution is 5.49. The van der Waals surface area contributed by atoms with Gasteiger partial charge in [0, 0.05) is 18.2 Å². The minimum Gasteiger partial charge on any atom is -0.506 e. The Hall–Kier alpha value is -1.25. The monoisotopic (exact) mass is 194 g/mol. The largest absolute Gasteiger partial charge is 0.506 e. The van der Waals surface area contributed by atoms with Gasteiger partial charge in [0.1, 0.15) is 5.75 Å². The zero-order valence-corrected chi connectivity index (χ0v) is 9.23. The maximum absolute atomic E-state index is 9.34. The van der Waals surface area contributed by atoms with E-state index in [0.29, 0.717) is 12.1 Å². The zero-order valence-electron chi connectivity index (χ0n) is 9.23. The fourth-order valence-electron chi connectivity index (χ4n) is 1.75. The summed E-state index contributed by atoms with van der Waals surface area (Å²) >= 11 is 0. The van der Waals surface area contributed by atoms with Crippen LogP contribution in [0.1, 0.15) is 27.7 Å². The van der Waals surface area contributed by atoms with Gasteiger partial charge in [-0.2, -0.15) is 0 Å². The molecule has 0 unspecified atom stereocenters. The van der Waals surface area contributed by atoms with Crippen molar-refractivity contribution in [1.29, 1.82) is 0 Å². The Bertz CT molecular complexity index is 289. The molecule has 1 rings (SSSR count). The van der Waals surface area contributed by atoms with Crippen molar-refractivity contribution in [1.82, 2.24) is 4.98 Å². The van der Waals surface area contributed by atoms with Crippen LogP contribution in [0.15, 0.2) is 18.5 Å². The summed E-state index contributed by atoms with van der Waals surface area (Å²) in [7, 11) is 0. The predicted molar refractivity (Wildman–Crippen MR) is 58.7 cm³/mol. The van der Waals surface area contributed by atoms with Crippen molar-refractivity contribution in [2.75, 3.05) is 4.90 Å². The summed E-state index contributed by atoms with van der Waals surface area (Å²) in [4.78, 5) is 6.19. The average Bonchev–Trinajstić information content (AvgIpc) is 2.02. The Morgan fingerprint density at radius 3 is 2.14 bits per heavy atom. The molecule has 0 spiro atoms. The van der Waals surface area contributed by atoms with Crippen molar-refractivity contribution in [2.45, 2.75) is 39.8 Å². The van der Waals surface area contributed by atoms with Gasteiger partial charge in [0.05, 0.1) is 18.1 Å². The fraction of sp³-hybridized carbons (Fsp3) is 0.545. The molecule has 0 aliphatic rings. The van der Waals surface area contributed by atoms with E-state index < -0.39 is 0 Å². The lowest BCUT2D eigenvalue weighted by atomic mass is 10.2. The van der Waals surface area contributed by atoms with E-state index in [9.17, 15) is 5.11 Å². The van der Waals surface area contributed by atoms with Crippen molar-refractivity contribution in [2.24, 2.45) is 0 Å². The number of nitrogens with zero attached hydrogens (tertiary/aromatic N) is 2. The molecule has 0 aromatic carbocycles. The molecule has 1 heterocycles. The molecule has 3 nitrogen and oxygen atoms in total. The van der Waals surface area contributed by atoms with Crippen LogP contribution in [0.4, 0.5) is 5.69 Å². The molecule has 0 saturated heterocycles. The first kappa shape index (κ1) is 10.8. The minimum atomic E-state index is 0.216. The van der Waals surface area contributed by atoms with E-state index >= 15 is 0 Å². The van der Waals surface area contributed by atoms with E-state index in [0.717, 1.165) is 5.69 Å². The highest BCUT2D eigenvalue weighted by Gasteiger charge is 2.14. The van der Waals surface area contributed by atoms with Crippen LogP contribution in [0.3, 0.4) is 0 Å². The predicted octanol–water partition coefficient (Wildman–Crippen LogP) is 2.41. The molecule has 0 aliphatic carbocycles. The topological polar surface area (TPSA) is 36.4 Å². The van der Waals surface area contributed by atoms with Crippen LogP contribution >= 0.6 is 0 Å². The van der Waals surface area contributed by atoms with Gasteiger partial charge in [0.2, 0.25) is 0 Å². The van der Waals surface area contributed by atoms with Gasteiger partial charge in [-0.3, -0.25) is 4.98 Å². The number of aromatic hydroxyl groups is 1. The first-order chi connectivity index (χ1) is 6.52. The third-order valence-corrected chi connectivity index (χ3v) is 2.12. The second-order valence-electron chi connectivity index (χ2n) is 4.00. The van der Waals surface area contributed by atoms with Gasteiger partial charge in [-0.15, -0.1) is 0 Å². The SMILES string of the molecule is CC(C)N(c1cncc(O)c1)C(C)C. The van der Waals surface area contributed by atoms with Crippen LogP contribution in [0.25, 0.3) is 0 Å². The molecule has 3 heteroatoms. The highest BCUT2D eigenvalue weighted by atomic mass is 16.3. The Balaban J connectivity index is 2.99. The minimum absolute atomic E-state index is 0.216. The van der Waals surface area contributed by atoms with Crippen LogP contribution in [0, 0.1) is 0 Å². The van der Waals surface area contributed by atoms with Gasteiger partial charge in [-0.25, -0.2) is 0 Å². The molecular formula is C11H18N2O. The van der Waals surface area contributed by atoms with Gasteiger partial charge in [-0.1, -0.05) is 0 Å². The van der Waals surface area contributed by atoms with Gasteiger partial charge in [0.25, 0.3) is 0 Å². The third-order valence-electron chi connectivity index (χ3n) is 2.12. The fourth-order valence-corrected chi connectivity index (χ4v) is 1.75. The molecule has 0 saturated carbocycles. The summed E-state index contributed by atoms with van der Waals surface area (Å²) in [6, 6.07) is 2.55. The smallest absolute Gasteiger partial charge is 0.135 e. The molecule has 1 aromatic rings. The van der Waals surface area contributed by atoms with Gasteiger partial charge in [0.15, 0.2) is 0 Å². The van der Waals surface area contributed by atoms with Crippen molar-refractivity contribution < 1.29 is 5.11 Å². The number of aromatic nitrogens is 1. The normalized spacial score (nSPS) is 11.0. The first-order valence-electron chi connectivity index (χ1n) is 4.94. The summed E-state index contributed by atoms with van der Waals surface area (Å²) in [6.07, 6.45) is 3.22. The highest BCUT2D eigenvalue weighted by Crippen LogP contribution is 2.22. The molecular weight excluding hydrogens is 176 g/mol. The Kier molecular flexibility index (Phi) is 3.33. The number of hydrogen-bond donors (Lipinski definition) is 1. The Morgan fingerprint density at radius 2 is 1.71 bits per heavy atom. The summed E-state index contributed by atoms with van der Waals surface area (Å²) in [5.74, 6) is 0.216. The Morgan fingerprint density at radius 1 is 1.14 bits per heavy atom. The number of anilines is 1. The molecule has 78 valence electrons. The van der Waals surface area contributed by atoms with E-state index in [4.69, 9.17) is 0 Å². The maximum Gasteiger partial charge on any atom is 0.135 e. The summed E-state index contributed by atoms with van der Waals surface area (Å²) in [6.45, 7) is 8.52. The summed E-state index contributed by atoms with van der Waals surface area (Å²) < 4.78 is 0. The number of hydrogen-bond acceptors (Lipinski definition) is 3. The Labute approximate surface area is 85.4 Å². The molecule has 0 bridgehead atoms. The molecule has 0 fully saturated rings. The molecule has 0 amide bonds. The lowest BCUT2D eigenvalue weighted by Crippen LogP contribution is -2.36. The molecule has 14 heavy (non-hydrogen) atoms. The van der Waals surface area contributed by atoms with E-state index in [1.165, 1.54) is 6.20 Å². The van der Waals surface area contributed by atoms with Crippen LogP contribution in [0.2, 0.25) is 0 Å². The van der Waals surface area contributed by atoms with Crippen LogP contribution in [0.5, 0.6) is 5.75 Å². The second-order valence-corrected chi connectivity index (χ2v) is 4.00. The van der Waals surface area contributed by atoms with E-state index in [2.05, 4.69) is 37.6 Å². The first-order valence-corrected chi connectivity index (χ1v) is 4.94. The molecule has 0 aliphatic heterocycles. The van der Waals surface area contributed by atoms with Crippen LogP contribution < -0.4 is 4.90 Å².